The summed E-state index contributed by atoms with van der Waals surface area (Å²) in [7, 11) is -3.48. The number of ether oxygens (including phenoxy) is 1. The van der Waals surface area contributed by atoms with E-state index >= 15 is 0 Å². The Morgan fingerprint density at radius 3 is 2.42 bits per heavy atom. The smallest absolute Gasteiger partial charge is 0.449 e. The molecule has 2 heterocycles. The van der Waals surface area contributed by atoms with Crippen LogP contribution in [0.4, 0.5) is 10.6 Å². The Bertz CT molecular complexity index is 1510. The number of para-hydroxylation sites is 1. The zero-order chi connectivity index (χ0) is 27.1. The minimum absolute atomic E-state index is 0.0528. The average molecular weight is 537 g/mol. The van der Waals surface area contributed by atoms with Crippen molar-refractivity contribution in [3.63, 3.8) is 0 Å². The molecule has 0 spiro atoms. The van der Waals surface area contributed by atoms with Gasteiger partial charge in [0.25, 0.3) is 0 Å². The number of anilines is 1. The van der Waals surface area contributed by atoms with Crippen molar-refractivity contribution in [2.45, 2.75) is 52.5 Å². The van der Waals surface area contributed by atoms with Crippen molar-refractivity contribution < 1.29 is 23.1 Å². The number of benzene rings is 2. The molecule has 200 valence electrons. The lowest BCUT2D eigenvalue weighted by Crippen LogP contribution is -2.17. The van der Waals surface area contributed by atoms with Crippen molar-refractivity contribution >= 4 is 33.2 Å². The predicted octanol–water partition coefficient (Wildman–Crippen LogP) is 6.09. The summed E-state index contributed by atoms with van der Waals surface area (Å²) in [5, 5.41) is 9.05. The molecule has 0 saturated carbocycles. The van der Waals surface area contributed by atoms with Crippen molar-refractivity contribution in [1.82, 2.24) is 14.5 Å². The molecular formula is C28H32N4O5S. The molecule has 4 rings (SSSR count). The van der Waals surface area contributed by atoms with Crippen LogP contribution in [-0.4, -0.2) is 40.0 Å². The van der Waals surface area contributed by atoms with Gasteiger partial charge in [0, 0.05) is 12.0 Å². The van der Waals surface area contributed by atoms with Gasteiger partial charge < -0.3 is 14.4 Å². The largest absolute Gasteiger partial charge is 0.511 e. The van der Waals surface area contributed by atoms with Gasteiger partial charge in [-0.3, -0.25) is 4.72 Å². The van der Waals surface area contributed by atoms with E-state index in [2.05, 4.69) is 16.6 Å². The Morgan fingerprint density at radius 2 is 1.71 bits per heavy atom. The van der Waals surface area contributed by atoms with Crippen LogP contribution in [0.3, 0.4) is 0 Å². The average Bonchev–Trinajstić information content (AvgIpc) is 3.23. The molecule has 4 aromatic rings. The summed E-state index contributed by atoms with van der Waals surface area (Å²) in [5.74, 6) is 1.50. The molecule has 38 heavy (non-hydrogen) atoms. The maximum absolute atomic E-state index is 12.4. The maximum atomic E-state index is 12.4. The molecule has 0 radical (unpaired) electrons. The number of nitrogens with zero attached hydrogens (tertiary/aromatic N) is 3. The summed E-state index contributed by atoms with van der Waals surface area (Å²) in [5.41, 5.74) is 3.84. The highest BCUT2D eigenvalue weighted by Gasteiger charge is 2.16. The van der Waals surface area contributed by atoms with E-state index in [0.717, 1.165) is 42.6 Å². The van der Waals surface area contributed by atoms with E-state index in [-0.39, 0.29) is 17.3 Å². The first-order valence-corrected chi connectivity index (χ1v) is 14.4. The molecule has 2 aromatic heterocycles. The fourth-order valence-electron chi connectivity index (χ4n) is 4.20. The van der Waals surface area contributed by atoms with Gasteiger partial charge in [0.1, 0.15) is 22.9 Å². The Kier molecular flexibility index (Phi) is 8.62. The number of aromatic nitrogens is 3. The molecule has 0 aliphatic rings. The zero-order valence-electron chi connectivity index (χ0n) is 21.6. The van der Waals surface area contributed by atoms with Crippen molar-refractivity contribution in [2.24, 2.45) is 0 Å². The van der Waals surface area contributed by atoms with Gasteiger partial charge in [0.05, 0.1) is 12.3 Å². The number of hydrogen-bond acceptors (Lipinski definition) is 6. The highest BCUT2D eigenvalue weighted by Crippen LogP contribution is 2.30. The molecular weight excluding hydrogens is 504 g/mol. The molecule has 0 atom stereocenters. The lowest BCUT2D eigenvalue weighted by Gasteiger charge is -2.12. The van der Waals surface area contributed by atoms with Gasteiger partial charge in [-0.2, -0.15) is 0 Å². The number of nitrogens with one attached hydrogen (secondary N) is 1. The monoisotopic (exact) mass is 536 g/mol. The highest BCUT2D eigenvalue weighted by atomic mass is 32.2. The number of carboxylic acid groups (broad SMARTS) is 1. The number of unbranched alkanes of at least 4 members (excludes halogenated alkanes) is 2. The van der Waals surface area contributed by atoms with E-state index in [1.54, 1.807) is 24.3 Å². The molecule has 0 amide bonds. The molecule has 0 bridgehead atoms. The van der Waals surface area contributed by atoms with Gasteiger partial charge >= 0.3 is 6.16 Å². The SMILES string of the molecule is CCCCc1nc2ccc(NS(=O)(=O)CCCC)nc2n1Cc1ccc(-c2ccccc2OC(=O)O)cc1. The minimum Gasteiger partial charge on any atom is -0.449 e. The van der Waals surface area contributed by atoms with E-state index in [9.17, 15) is 13.2 Å². The number of sulfonamides is 1. The number of carbonyl (C=O) groups is 1. The van der Waals surface area contributed by atoms with Crippen LogP contribution in [0.25, 0.3) is 22.3 Å². The Morgan fingerprint density at radius 1 is 0.974 bits per heavy atom. The molecule has 2 aromatic carbocycles. The van der Waals surface area contributed by atoms with Crippen LogP contribution in [0, 0.1) is 0 Å². The van der Waals surface area contributed by atoms with E-state index in [4.69, 9.17) is 14.8 Å². The van der Waals surface area contributed by atoms with Gasteiger partial charge in [-0.1, -0.05) is 69.2 Å². The van der Waals surface area contributed by atoms with Crippen molar-refractivity contribution in [1.29, 1.82) is 0 Å². The Hall–Kier alpha value is -3.92. The standard InChI is InChI=1S/C28H32N4O5S/c1-3-5-11-26-29-23-16-17-25(31-38(35,36)18-6-4-2)30-27(23)32(26)19-20-12-14-21(15-13-20)22-9-7-8-10-24(22)37-28(33)34/h7-10,12-17H,3-6,11,18-19H2,1-2H3,(H,30,31)(H,33,34). The summed E-state index contributed by atoms with van der Waals surface area (Å²) in [6, 6.07) is 18.2. The second-order valence-corrected chi connectivity index (χ2v) is 10.9. The molecule has 10 heteroatoms. The van der Waals surface area contributed by atoms with Crippen LogP contribution in [-0.2, 0) is 23.0 Å². The number of imidazole rings is 1. The van der Waals surface area contributed by atoms with Crippen molar-refractivity contribution in [3.8, 4) is 16.9 Å². The van der Waals surface area contributed by atoms with Crippen molar-refractivity contribution in [2.75, 3.05) is 10.5 Å². The minimum atomic E-state index is -3.48. The molecule has 0 aliphatic heterocycles. The quantitative estimate of drug-likeness (QED) is 0.166. The Labute approximate surface area is 222 Å². The van der Waals surface area contributed by atoms with Gasteiger partial charge in [-0.15, -0.1) is 0 Å². The number of fused-ring (bicyclic) bond motifs is 1. The van der Waals surface area contributed by atoms with Crippen LogP contribution in [0.15, 0.2) is 60.7 Å². The summed E-state index contributed by atoms with van der Waals surface area (Å²) in [4.78, 5) is 20.5. The van der Waals surface area contributed by atoms with Crippen LogP contribution in [0.1, 0.15) is 50.9 Å². The molecule has 9 nitrogen and oxygen atoms in total. The molecule has 0 fully saturated rings. The topological polar surface area (TPSA) is 123 Å². The summed E-state index contributed by atoms with van der Waals surface area (Å²) in [6.45, 7) is 4.58. The van der Waals surface area contributed by atoms with Crippen LogP contribution < -0.4 is 9.46 Å². The third kappa shape index (κ3) is 6.69. The summed E-state index contributed by atoms with van der Waals surface area (Å²) >= 11 is 0. The lowest BCUT2D eigenvalue weighted by molar-refractivity contribution is 0.144. The van der Waals surface area contributed by atoms with E-state index in [0.29, 0.717) is 29.7 Å². The van der Waals surface area contributed by atoms with Crippen molar-refractivity contribution in [3.05, 3.63) is 72.1 Å². The fourth-order valence-corrected chi connectivity index (χ4v) is 5.41. The first-order valence-electron chi connectivity index (χ1n) is 12.8. The van der Waals surface area contributed by atoms with Gasteiger partial charge in [0.2, 0.25) is 10.0 Å². The predicted molar refractivity (Wildman–Crippen MR) is 148 cm³/mol. The first kappa shape index (κ1) is 27.1. The maximum Gasteiger partial charge on any atom is 0.511 e. The fraction of sp³-hybridized carbons (Fsp3) is 0.321. The van der Waals surface area contributed by atoms with Gasteiger partial charge in [-0.25, -0.2) is 23.2 Å². The lowest BCUT2D eigenvalue weighted by atomic mass is 10.0. The normalized spacial score (nSPS) is 11.5. The third-order valence-corrected chi connectivity index (χ3v) is 7.49. The molecule has 0 unspecified atom stereocenters. The van der Waals surface area contributed by atoms with Crippen LogP contribution >= 0.6 is 0 Å². The second-order valence-electron chi connectivity index (χ2n) is 9.09. The number of pyridine rings is 1. The van der Waals surface area contributed by atoms with E-state index in [1.807, 2.05) is 47.9 Å². The second kappa shape index (κ2) is 12.1. The summed E-state index contributed by atoms with van der Waals surface area (Å²) < 4.78 is 34.4. The van der Waals surface area contributed by atoms with Gasteiger partial charge in [0.15, 0.2) is 5.65 Å². The number of hydrogen-bond donors (Lipinski definition) is 2. The molecule has 0 saturated heterocycles. The van der Waals surface area contributed by atoms with E-state index < -0.39 is 16.2 Å². The van der Waals surface area contributed by atoms with Crippen LogP contribution in [0.5, 0.6) is 5.75 Å². The Balaban J connectivity index is 1.65. The zero-order valence-corrected chi connectivity index (χ0v) is 22.4. The third-order valence-electron chi connectivity index (χ3n) is 6.14. The number of aryl methyl sites for hydroxylation is 1. The summed E-state index contributed by atoms with van der Waals surface area (Å²) in [6.07, 6.45) is 2.78. The number of rotatable bonds is 12. The van der Waals surface area contributed by atoms with Gasteiger partial charge in [-0.05, 0) is 42.2 Å². The first-order chi connectivity index (χ1) is 18.3. The van der Waals surface area contributed by atoms with E-state index in [1.165, 1.54) is 0 Å². The molecule has 2 N–H and O–H groups in total. The highest BCUT2D eigenvalue weighted by molar-refractivity contribution is 7.92. The molecule has 0 aliphatic carbocycles. The van der Waals surface area contributed by atoms with Crippen LogP contribution in [0.2, 0.25) is 0 Å².